The molecule has 1 heterocycles. The minimum absolute atomic E-state index is 0.619. The van der Waals surface area contributed by atoms with Gasteiger partial charge in [-0.2, -0.15) is 0 Å². The monoisotopic (exact) mass is 318 g/mol. The Labute approximate surface area is 140 Å². The van der Waals surface area contributed by atoms with E-state index >= 15 is 0 Å². The van der Waals surface area contributed by atoms with Crippen molar-refractivity contribution in [2.45, 2.75) is 38.8 Å². The first-order chi connectivity index (χ1) is 11.3. The van der Waals surface area contributed by atoms with Crippen molar-refractivity contribution in [1.29, 1.82) is 0 Å². The van der Waals surface area contributed by atoms with Crippen molar-refractivity contribution >= 4 is 5.96 Å². The molecule has 0 aliphatic carbocycles. The maximum absolute atomic E-state index is 5.18. The molecule has 0 amide bonds. The average molecular weight is 318 g/mol. The molecular formula is C18H30N4O. The third-order valence-electron chi connectivity index (χ3n) is 4.50. The van der Waals surface area contributed by atoms with Crippen molar-refractivity contribution in [1.82, 2.24) is 15.5 Å². The van der Waals surface area contributed by atoms with Crippen LogP contribution in [-0.4, -0.2) is 50.7 Å². The average Bonchev–Trinajstić information content (AvgIpc) is 2.62. The molecule has 5 heteroatoms. The van der Waals surface area contributed by atoms with E-state index in [1.807, 2.05) is 19.2 Å². The number of benzene rings is 1. The molecule has 1 atom stereocenters. The van der Waals surface area contributed by atoms with Crippen molar-refractivity contribution in [3.8, 4) is 5.75 Å². The van der Waals surface area contributed by atoms with Crippen LogP contribution in [0.15, 0.2) is 29.3 Å². The van der Waals surface area contributed by atoms with Crippen molar-refractivity contribution in [3.63, 3.8) is 0 Å². The molecule has 2 rings (SSSR count). The zero-order valence-electron chi connectivity index (χ0n) is 14.6. The summed E-state index contributed by atoms with van der Waals surface area (Å²) >= 11 is 0. The van der Waals surface area contributed by atoms with E-state index in [0.717, 1.165) is 31.3 Å². The van der Waals surface area contributed by atoms with Gasteiger partial charge in [0.25, 0.3) is 0 Å². The lowest BCUT2D eigenvalue weighted by molar-refractivity contribution is 0.157. The number of rotatable bonds is 6. The number of ether oxygens (including phenoxy) is 1. The Balaban J connectivity index is 1.78. The molecule has 0 saturated carbocycles. The minimum Gasteiger partial charge on any atom is -0.497 e. The highest BCUT2D eigenvalue weighted by atomic mass is 16.5. The lowest BCUT2D eigenvalue weighted by Gasteiger charge is -2.35. The number of piperidine rings is 1. The number of guanidine groups is 1. The van der Waals surface area contributed by atoms with Gasteiger partial charge in [-0.1, -0.05) is 25.5 Å². The van der Waals surface area contributed by atoms with Crippen molar-refractivity contribution in [3.05, 3.63) is 29.8 Å². The number of nitrogens with zero attached hydrogens (tertiary/aromatic N) is 2. The van der Waals surface area contributed by atoms with Gasteiger partial charge in [0.15, 0.2) is 5.96 Å². The molecule has 1 unspecified atom stereocenters. The number of methoxy groups -OCH3 is 1. The lowest BCUT2D eigenvalue weighted by Crippen LogP contribution is -2.48. The molecule has 128 valence electrons. The largest absolute Gasteiger partial charge is 0.497 e. The van der Waals surface area contributed by atoms with Crippen molar-refractivity contribution in [2.24, 2.45) is 4.99 Å². The molecule has 0 aromatic heterocycles. The van der Waals surface area contributed by atoms with E-state index in [2.05, 4.69) is 39.6 Å². The predicted molar refractivity (Wildman–Crippen MR) is 96.1 cm³/mol. The molecule has 0 radical (unpaired) electrons. The molecule has 1 fully saturated rings. The number of aliphatic imine (C=N–C) groups is 1. The van der Waals surface area contributed by atoms with Crippen LogP contribution >= 0.6 is 0 Å². The molecule has 5 nitrogen and oxygen atoms in total. The first-order valence-electron chi connectivity index (χ1n) is 8.58. The van der Waals surface area contributed by atoms with E-state index in [-0.39, 0.29) is 0 Å². The van der Waals surface area contributed by atoms with E-state index in [1.54, 1.807) is 7.11 Å². The molecule has 1 aromatic rings. The molecule has 1 aromatic carbocycles. The standard InChI is InChI=1S/C18H30N4O/c1-4-22-12-6-5-7-16(22)14-21-18(19-2)20-13-15-8-10-17(23-3)11-9-15/h8-11,16H,4-7,12-14H2,1-3H3,(H2,19,20,21). The van der Waals surface area contributed by atoms with Crippen molar-refractivity contribution in [2.75, 3.05) is 33.8 Å². The fourth-order valence-corrected chi connectivity index (χ4v) is 3.07. The molecule has 1 aliphatic heterocycles. The highest BCUT2D eigenvalue weighted by Crippen LogP contribution is 2.15. The summed E-state index contributed by atoms with van der Waals surface area (Å²) < 4.78 is 5.18. The molecular weight excluding hydrogens is 288 g/mol. The first-order valence-corrected chi connectivity index (χ1v) is 8.58. The SMILES string of the molecule is CCN1CCCCC1CNC(=NC)NCc1ccc(OC)cc1. The smallest absolute Gasteiger partial charge is 0.191 e. The van der Waals surface area contributed by atoms with Gasteiger partial charge in [0, 0.05) is 26.2 Å². The van der Waals surface area contributed by atoms with Gasteiger partial charge >= 0.3 is 0 Å². The number of likely N-dealkylation sites (tertiary alicyclic amines) is 1. The molecule has 0 bridgehead atoms. The summed E-state index contributed by atoms with van der Waals surface area (Å²) in [6.45, 7) is 6.31. The maximum atomic E-state index is 5.18. The van der Waals surface area contributed by atoms with E-state index in [1.165, 1.54) is 31.4 Å². The van der Waals surface area contributed by atoms with Gasteiger partial charge in [-0.3, -0.25) is 9.89 Å². The van der Waals surface area contributed by atoms with Crippen LogP contribution in [0.25, 0.3) is 0 Å². The van der Waals surface area contributed by atoms with E-state index in [0.29, 0.717) is 6.04 Å². The minimum atomic E-state index is 0.619. The molecule has 0 spiro atoms. The summed E-state index contributed by atoms with van der Waals surface area (Å²) in [6, 6.07) is 8.72. The normalized spacial score (nSPS) is 19.4. The van der Waals surface area contributed by atoms with Crippen LogP contribution in [0.2, 0.25) is 0 Å². The number of hydrogen-bond acceptors (Lipinski definition) is 3. The van der Waals surface area contributed by atoms with Gasteiger partial charge in [-0.15, -0.1) is 0 Å². The van der Waals surface area contributed by atoms with Crippen LogP contribution in [0.3, 0.4) is 0 Å². The van der Waals surface area contributed by atoms with Gasteiger partial charge in [0.05, 0.1) is 7.11 Å². The summed E-state index contributed by atoms with van der Waals surface area (Å²) in [6.07, 6.45) is 3.94. The van der Waals surface area contributed by atoms with E-state index in [9.17, 15) is 0 Å². The fourth-order valence-electron chi connectivity index (χ4n) is 3.07. The van der Waals surface area contributed by atoms with E-state index < -0.39 is 0 Å². The number of nitrogens with one attached hydrogen (secondary N) is 2. The molecule has 1 aliphatic rings. The predicted octanol–water partition coefficient (Wildman–Crippen LogP) is 2.23. The second kappa shape index (κ2) is 9.40. The van der Waals surface area contributed by atoms with Gasteiger partial charge in [-0.05, 0) is 43.6 Å². The number of hydrogen-bond donors (Lipinski definition) is 2. The Morgan fingerprint density at radius 1 is 1.26 bits per heavy atom. The third-order valence-corrected chi connectivity index (χ3v) is 4.50. The second-order valence-corrected chi connectivity index (χ2v) is 5.93. The number of likely N-dealkylation sites (N-methyl/N-ethyl adjacent to an activating group) is 1. The Morgan fingerprint density at radius 2 is 2.04 bits per heavy atom. The van der Waals surface area contributed by atoms with Crippen LogP contribution in [0.1, 0.15) is 31.7 Å². The first kappa shape index (κ1) is 17.6. The Bertz CT molecular complexity index is 486. The summed E-state index contributed by atoms with van der Waals surface area (Å²) in [5.74, 6) is 1.75. The summed E-state index contributed by atoms with van der Waals surface area (Å²) in [5, 5.41) is 6.84. The van der Waals surface area contributed by atoms with Crippen LogP contribution < -0.4 is 15.4 Å². The Hall–Kier alpha value is -1.75. The second-order valence-electron chi connectivity index (χ2n) is 5.93. The maximum Gasteiger partial charge on any atom is 0.191 e. The van der Waals surface area contributed by atoms with Gasteiger partial charge in [0.2, 0.25) is 0 Å². The highest BCUT2D eigenvalue weighted by Gasteiger charge is 2.20. The molecule has 23 heavy (non-hydrogen) atoms. The van der Waals surface area contributed by atoms with E-state index in [4.69, 9.17) is 4.74 Å². The zero-order chi connectivity index (χ0) is 16.5. The third kappa shape index (κ3) is 5.43. The van der Waals surface area contributed by atoms with Crippen LogP contribution in [-0.2, 0) is 6.54 Å². The molecule has 1 saturated heterocycles. The Morgan fingerprint density at radius 3 is 2.70 bits per heavy atom. The van der Waals surface area contributed by atoms with Crippen molar-refractivity contribution < 1.29 is 4.74 Å². The van der Waals surface area contributed by atoms with Crippen LogP contribution in [0.4, 0.5) is 0 Å². The zero-order valence-corrected chi connectivity index (χ0v) is 14.6. The summed E-state index contributed by atoms with van der Waals surface area (Å²) in [5.41, 5.74) is 1.21. The summed E-state index contributed by atoms with van der Waals surface area (Å²) in [7, 11) is 3.51. The van der Waals surface area contributed by atoms with Crippen LogP contribution in [0.5, 0.6) is 5.75 Å². The highest BCUT2D eigenvalue weighted by molar-refractivity contribution is 5.79. The van der Waals surface area contributed by atoms with Crippen LogP contribution in [0, 0.1) is 0 Å². The van der Waals surface area contributed by atoms with Gasteiger partial charge < -0.3 is 15.4 Å². The fraction of sp³-hybridized carbons (Fsp3) is 0.611. The summed E-state index contributed by atoms with van der Waals surface area (Å²) in [4.78, 5) is 6.89. The topological polar surface area (TPSA) is 48.9 Å². The van der Waals surface area contributed by atoms with Gasteiger partial charge in [-0.25, -0.2) is 0 Å². The quantitative estimate of drug-likeness (QED) is 0.624. The lowest BCUT2D eigenvalue weighted by atomic mass is 10.0. The van der Waals surface area contributed by atoms with Gasteiger partial charge in [0.1, 0.15) is 5.75 Å². The molecule has 2 N–H and O–H groups in total. The Kier molecular flexibility index (Phi) is 7.20.